The molecule has 0 aliphatic carbocycles. The van der Waals surface area contributed by atoms with E-state index in [0.29, 0.717) is 30.7 Å². The van der Waals surface area contributed by atoms with Crippen molar-refractivity contribution in [3.8, 4) is 11.7 Å². The first-order chi connectivity index (χ1) is 10.9. The van der Waals surface area contributed by atoms with Crippen molar-refractivity contribution in [3.63, 3.8) is 0 Å². The highest BCUT2D eigenvalue weighted by atomic mass is 32.1. The van der Waals surface area contributed by atoms with Crippen molar-refractivity contribution in [2.75, 3.05) is 19.7 Å². The van der Waals surface area contributed by atoms with E-state index in [4.69, 9.17) is 13.6 Å². The molecule has 0 spiro atoms. The predicted octanol–water partition coefficient (Wildman–Crippen LogP) is 2.36. The van der Waals surface area contributed by atoms with E-state index in [2.05, 4.69) is 20.1 Å². The van der Waals surface area contributed by atoms with Crippen molar-refractivity contribution >= 4 is 11.3 Å². The molecule has 0 amide bonds. The van der Waals surface area contributed by atoms with Gasteiger partial charge in [0.15, 0.2) is 5.76 Å². The summed E-state index contributed by atoms with van der Waals surface area (Å²) >= 11 is 1.61. The Balaban J connectivity index is 1.43. The van der Waals surface area contributed by atoms with Gasteiger partial charge in [-0.2, -0.15) is 0 Å². The molecule has 1 aliphatic heterocycles. The van der Waals surface area contributed by atoms with Gasteiger partial charge in [-0.1, -0.05) is 0 Å². The van der Waals surface area contributed by atoms with Crippen molar-refractivity contribution in [1.82, 2.24) is 20.1 Å². The van der Waals surface area contributed by atoms with Gasteiger partial charge < -0.3 is 13.6 Å². The fourth-order valence-corrected chi connectivity index (χ4v) is 3.07. The first-order valence-corrected chi connectivity index (χ1v) is 7.86. The van der Waals surface area contributed by atoms with E-state index in [9.17, 15) is 0 Å². The first-order valence-electron chi connectivity index (χ1n) is 6.98. The van der Waals surface area contributed by atoms with Crippen LogP contribution in [0.3, 0.4) is 0 Å². The topological polar surface area (TPSA) is 77.4 Å². The summed E-state index contributed by atoms with van der Waals surface area (Å²) in [6.07, 6.45) is 3.40. The van der Waals surface area contributed by atoms with Crippen LogP contribution in [0.1, 0.15) is 17.0 Å². The summed E-state index contributed by atoms with van der Waals surface area (Å²) < 4.78 is 16.7. The molecule has 8 heteroatoms. The van der Waals surface area contributed by atoms with Gasteiger partial charge in [0, 0.05) is 24.7 Å². The number of furan rings is 1. The molecule has 1 atom stereocenters. The van der Waals surface area contributed by atoms with Crippen LogP contribution < -0.4 is 0 Å². The summed E-state index contributed by atoms with van der Waals surface area (Å²) in [7, 11) is 0. The third-order valence-electron chi connectivity index (χ3n) is 3.44. The third kappa shape index (κ3) is 2.80. The molecule has 0 radical (unpaired) electrons. The molecule has 3 aromatic rings. The summed E-state index contributed by atoms with van der Waals surface area (Å²) in [6.45, 7) is 2.87. The maximum Gasteiger partial charge on any atom is 0.283 e. The van der Waals surface area contributed by atoms with Crippen LogP contribution in [0.25, 0.3) is 11.7 Å². The summed E-state index contributed by atoms with van der Waals surface area (Å²) in [4.78, 5) is 6.55. The lowest BCUT2D eigenvalue weighted by Crippen LogP contribution is -2.37. The van der Waals surface area contributed by atoms with Crippen LogP contribution in [-0.4, -0.2) is 39.8 Å². The zero-order chi connectivity index (χ0) is 14.8. The van der Waals surface area contributed by atoms with Crippen molar-refractivity contribution < 1.29 is 13.6 Å². The second-order valence-electron chi connectivity index (χ2n) is 4.94. The zero-order valence-electron chi connectivity index (χ0n) is 11.7. The number of morpholine rings is 1. The lowest BCUT2D eigenvalue weighted by atomic mass is 10.3. The number of thiazole rings is 1. The average Bonchev–Trinajstić information content (AvgIpc) is 3.29. The van der Waals surface area contributed by atoms with Crippen molar-refractivity contribution in [1.29, 1.82) is 0 Å². The Kier molecular flexibility index (Phi) is 3.71. The smallest absolute Gasteiger partial charge is 0.283 e. The molecule has 3 aromatic heterocycles. The van der Waals surface area contributed by atoms with E-state index in [0.717, 1.165) is 18.1 Å². The molecular weight excluding hydrogens is 304 g/mol. The minimum atomic E-state index is 0.0150. The minimum Gasteiger partial charge on any atom is -0.459 e. The Labute approximate surface area is 130 Å². The molecule has 0 bridgehead atoms. The van der Waals surface area contributed by atoms with E-state index in [1.54, 1.807) is 35.9 Å². The van der Waals surface area contributed by atoms with E-state index in [1.165, 1.54) is 0 Å². The van der Waals surface area contributed by atoms with Gasteiger partial charge in [-0.05, 0) is 12.1 Å². The summed E-state index contributed by atoms with van der Waals surface area (Å²) in [5, 5.41) is 11.1. The van der Waals surface area contributed by atoms with Crippen LogP contribution in [0.4, 0.5) is 0 Å². The maximum absolute atomic E-state index is 5.78. The zero-order valence-corrected chi connectivity index (χ0v) is 12.5. The molecule has 0 saturated carbocycles. The predicted molar refractivity (Wildman–Crippen MR) is 78.1 cm³/mol. The minimum absolute atomic E-state index is 0.0150. The van der Waals surface area contributed by atoms with Crippen molar-refractivity contribution in [2.45, 2.75) is 12.6 Å². The molecular formula is C14H14N4O3S. The van der Waals surface area contributed by atoms with Crippen LogP contribution >= 0.6 is 11.3 Å². The molecule has 22 heavy (non-hydrogen) atoms. The van der Waals surface area contributed by atoms with Crippen molar-refractivity contribution in [3.05, 3.63) is 40.9 Å². The Bertz CT molecular complexity index is 710. The Morgan fingerprint density at radius 1 is 1.36 bits per heavy atom. The van der Waals surface area contributed by atoms with Gasteiger partial charge in [-0.25, -0.2) is 4.98 Å². The number of rotatable bonds is 4. The van der Waals surface area contributed by atoms with E-state index >= 15 is 0 Å². The van der Waals surface area contributed by atoms with E-state index < -0.39 is 0 Å². The van der Waals surface area contributed by atoms with Crippen molar-refractivity contribution in [2.24, 2.45) is 0 Å². The van der Waals surface area contributed by atoms with Gasteiger partial charge in [-0.3, -0.25) is 4.90 Å². The molecule has 0 aromatic carbocycles. The summed E-state index contributed by atoms with van der Waals surface area (Å²) in [5.74, 6) is 1.57. The normalized spacial score (nSPS) is 19.5. The average molecular weight is 318 g/mol. The monoisotopic (exact) mass is 318 g/mol. The van der Waals surface area contributed by atoms with E-state index in [-0.39, 0.29) is 6.10 Å². The lowest BCUT2D eigenvalue weighted by Gasteiger charge is -2.30. The Morgan fingerprint density at radius 3 is 3.18 bits per heavy atom. The first kappa shape index (κ1) is 13.6. The number of hydrogen-bond acceptors (Lipinski definition) is 8. The maximum atomic E-state index is 5.78. The number of nitrogens with zero attached hydrogens (tertiary/aromatic N) is 4. The quantitative estimate of drug-likeness (QED) is 0.730. The highest BCUT2D eigenvalue weighted by Gasteiger charge is 2.25. The van der Waals surface area contributed by atoms with Gasteiger partial charge in [0.05, 0.1) is 19.4 Å². The van der Waals surface area contributed by atoms with Gasteiger partial charge in [0.25, 0.3) is 5.89 Å². The third-order valence-corrected chi connectivity index (χ3v) is 4.30. The van der Waals surface area contributed by atoms with Gasteiger partial charge >= 0.3 is 0 Å². The van der Waals surface area contributed by atoms with Gasteiger partial charge in [0.1, 0.15) is 11.1 Å². The van der Waals surface area contributed by atoms with Crippen LogP contribution in [0.5, 0.6) is 0 Å². The fourth-order valence-electron chi connectivity index (χ4n) is 2.40. The lowest BCUT2D eigenvalue weighted by molar-refractivity contribution is -0.0352. The van der Waals surface area contributed by atoms with Gasteiger partial charge in [-0.15, -0.1) is 21.5 Å². The summed E-state index contributed by atoms with van der Waals surface area (Å²) in [5.41, 5.74) is 0. The van der Waals surface area contributed by atoms with Gasteiger partial charge in [0.2, 0.25) is 5.89 Å². The second-order valence-corrected chi connectivity index (χ2v) is 5.87. The molecule has 0 N–H and O–H groups in total. The van der Waals surface area contributed by atoms with Crippen LogP contribution in [0.15, 0.2) is 38.8 Å². The molecule has 4 heterocycles. The standard InChI is InChI=1S/C14H14N4O3S/c1-2-10(19-5-1)13-17-16-12(21-13)9-18-4-6-20-11(8-18)14-15-3-7-22-14/h1-3,5,7,11H,4,6,8-9H2. The van der Waals surface area contributed by atoms with Crippen LogP contribution in [0.2, 0.25) is 0 Å². The Hall–Kier alpha value is -2.03. The number of aromatic nitrogens is 3. The molecule has 1 unspecified atom stereocenters. The Morgan fingerprint density at radius 2 is 2.36 bits per heavy atom. The van der Waals surface area contributed by atoms with Crippen LogP contribution in [0, 0.1) is 0 Å². The highest BCUT2D eigenvalue weighted by molar-refractivity contribution is 7.09. The molecule has 114 valence electrons. The molecule has 1 fully saturated rings. The SMILES string of the molecule is c1coc(-c2nnc(CN3CCOC(c4nccs4)C3)o2)c1. The number of hydrogen-bond donors (Lipinski definition) is 0. The second kappa shape index (κ2) is 5.99. The van der Waals surface area contributed by atoms with Crippen LogP contribution in [-0.2, 0) is 11.3 Å². The molecule has 7 nitrogen and oxygen atoms in total. The molecule has 1 saturated heterocycles. The van der Waals surface area contributed by atoms with E-state index in [1.807, 2.05) is 5.38 Å². The molecule has 1 aliphatic rings. The fraction of sp³-hybridized carbons (Fsp3) is 0.357. The number of ether oxygens (including phenoxy) is 1. The summed E-state index contributed by atoms with van der Waals surface area (Å²) in [6, 6.07) is 3.59. The molecule has 4 rings (SSSR count). The highest BCUT2D eigenvalue weighted by Crippen LogP contribution is 2.25. The largest absolute Gasteiger partial charge is 0.459 e.